The molecule has 3 aromatic heterocycles. The van der Waals surface area contributed by atoms with Crippen molar-refractivity contribution in [2.24, 2.45) is 13.0 Å². The fourth-order valence-corrected chi connectivity index (χ4v) is 5.18. The van der Waals surface area contributed by atoms with Gasteiger partial charge in [-0.2, -0.15) is 5.10 Å². The molecule has 5 aromatic rings. The molecule has 1 aliphatic rings. The fourth-order valence-electron chi connectivity index (χ4n) is 5.18. The van der Waals surface area contributed by atoms with Crippen LogP contribution in [0.2, 0.25) is 0 Å². The monoisotopic (exact) mass is 446 g/mol. The molecule has 1 saturated heterocycles. The number of nitrogens with one attached hydrogen (secondary N) is 1. The topological polar surface area (TPSA) is 52.0 Å². The number of nitrogens with zero attached hydrogens (tertiary/aromatic N) is 5. The van der Waals surface area contributed by atoms with Gasteiger partial charge in [0.2, 0.25) is 0 Å². The molecule has 0 bridgehead atoms. The van der Waals surface area contributed by atoms with Gasteiger partial charge in [0.1, 0.15) is 0 Å². The van der Waals surface area contributed by atoms with Gasteiger partial charge in [0.15, 0.2) is 5.69 Å². The van der Waals surface area contributed by atoms with Crippen molar-refractivity contribution in [3.05, 3.63) is 78.5 Å². The lowest BCUT2D eigenvalue weighted by atomic mass is 9.95. The maximum atomic E-state index is 7.33. The Morgan fingerprint density at radius 1 is 1.00 bits per heavy atom. The third kappa shape index (κ3) is 3.55. The molecule has 0 atom stereocenters. The summed E-state index contributed by atoms with van der Waals surface area (Å²) in [7, 11) is 1.96. The molecule has 0 amide bonds. The first kappa shape index (κ1) is 20.6. The molecule has 0 aliphatic carbocycles. The molecule has 0 unspecified atom stereocenters. The van der Waals surface area contributed by atoms with E-state index in [1.54, 1.807) is 0 Å². The standard InChI is InChI=1S/C28H26N6/c1-29-23-6-3-20(4-7-23)27-24-11-14-34(18-19-9-12-30-13-10-19)26(24)17-31-28(27)21-5-8-25-22(15-21)16-32-33(25)2/h3-8,11,14-17,19,30H,9-10,12-13,18H2,2H3. The number of hydrogen-bond acceptors (Lipinski definition) is 3. The average molecular weight is 447 g/mol. The highest BCUT2D eigenvalue weighted by molar-refractivity contribution is 6.02. The van der Waals surface area contributed by atoms with Crippen LogP contribution in [0.25, 0.3) is 49.0 Å². The molecule has 1 aliphatic heterocycles. The molecule has 1 N–H and O–H groups in total. The van der Waals surface area contributed by atoms with Crippen molar-refractivity contribution in [2.75, 3.05) is 13.1 Å². The number of benzene rings is 2. The molecule has 6 heteroatoms. The van der Waals surface area contributed by atoms with E-state index in [4.69, 9.17) is 11.6 Å². The largest absolute Gasteiger partial charge is 0.346 e. The lowest BCUT2D eigenvalue weighted by molar-refractivity contribution is 0.337. The van der Waals surface area contributed by atoms with Crippen molar-refractivity contribution in [3.8, 4) is 22.4 Å². The molecule has 1 fully saturated rings. The van der Waals surface area contributed by atoms with Crippen LogP contribution in [0.1, 0.15) is 12.8 Å². The number of hydrogen-bond donors (Lipinski definition) is 1. The van der Waals surface area contributed by atoms with Crippen molar-refractivity contribution in [1.29, 1.82) is 0 Å². The predicted molar refractivity (Wildman–Crippen MR) is 137 cm³/mol. The molecule has 34 heavy (non-hydrogen) atoms. The normalized spacial score (nSPS) is 14.6. The van der Waals surface area contributed by atoms with Crippen LogP contribution in [0, 0.1) is 12.5 Å². The lowest BCUT2D eigenvalue weighted by Crippen LogP contribution is -2.29. The molecule has 6 rings (SSSR count). The predicted octanol–water partition coefficient (Wildman–Crippen LogP) is 5.81. The van der Waals surface area contributed by atoms with E-state index < -0.39 is 0 Å². The van der Waals surface area contributed by atoms with E-state index in [1.807, 2.05) is 48.4 Å². The van der Waals surface area contributed by atoms with E-state index in [0.29, 0.717) is 11.6 Å². The van der Waals surface area contributed by atoms with Crippen LogP contribution in [-0.4, -0.2) is 32.4 Å². The van der Waals surface area contributed by atoms with E-state index in [-0.39, 0.29) is 0 Å². The third-order valence-electron chi connectivity index (χ3n) is 7.05. The maximum Gasteiger partial charge on any atom is 0.187 e. The Balaban J connectivity index is 1.52. The van der Waals surface area contributed by atoms with Gasteiger partial charge < -0.3 is 9.88 Å². The van der Waals surface area contributed by atoms with Crippen LogP contribution in [0.15, 0.2) is 67.1 Å². The van der Waals surface area contributed by atoms with Crippen molar-refractivity contribution < 1.29 is 0 Å². The van der Waals surface area contributed by atoms with E-state index in [9.17, 15) is 0 Å². The third-order valence-corrected chi connectivity index (χ3v) is 7.05. The van der Waals surface area contributed by atoms with Gasteiger partial charge in [0, 0.05) is 41.7 Å². The highest BCUT2D eigenvalue weighted by atomic mass is 15.2. The molecular formula is C28H26N6. The Morgan fingerprint density at radius 3 is 2.59 bits per heavy atom. The van der Waals surface area contributed by atoms with Gasteiger partial charge in [-0.25, -0.2) is 4.85 Å². The zero-order valence-electron chi connectivity index (χ0n) is 19.2. The van der Waals surface area contributed by atoms with Gasteiger partial charge in [-0.05, 0) is 55.6 Å². The van der Waals surface area contributed by atoms with Crippen molar-refractivity contribution >= 4 is 27.5 Å². The molecule has 0 saturated carbocycles. The summed E-state index contributed by atoms with van der Waals surface area (Å²) < 4.78 is 4.25. The highest BCUT2D eigenvalue weighted by Gasteiger charge is 2.19. The van der Waals surface area contributed by atoms with Gasteiger partial charge in [-0.15, -0.1) is 0 Å². The van der Waals surface area contributed by atoms with Crippen LogP contribution in [0.3, 0.4) is 0 Å². The number of aryl methyl sites for hydroxylation is 1. The quantitative estimate of drug-likeness (QED) is 0.355. The number of piperidine rings is 1. The number of pyridine rings is 1. The zero-order chi connectivity index (χ0) is 23.1. The molecule has 2 aromatic carbocycles. The second-order valence-corrected chi connectivity index (χ2v) is 9.14. The van der Waals surface area contributed by atoms with Crippen LogP contribution >= 0.6 is 0 Å². The van der Waals surface area contributed by atoms with Crippen LogP contribution in [0.4, 0.5) is 5.69 Å². The lowest BCUT2D eigenvalue weighted by Gasteiger charge is -2.23. The minimum absolute atomic E-state index is 0.644. The minimum Gasteiger partial charge on any atom is -0.346 e. The Labute approximate surface area is 198 Å². The first-order valence-corrected chi connectivity index (χ1v) is 11.8. The Kier molecular flexibility index (Phi) is 5.12. The zero-order valence-corrected chi connectivity index (χ0v) is 19.2. The van der Waals surface area contributed by atoms with E-state index in [2.05, 4.69) is 50.3 Å². The Morgan fingerprint density at radius 2 is 1.79 bits per heavy atom. The summed E-state index contributed by atoms with van der Waals surface area (Å²) in [6, 6.07) is 16.5. The fraction of sp³-hybridized carbons (Fsp3) is 0.250. The molecule has 0 radical (unpaired) electrons. The Hall–Kier alpha value is -3.95. The second kappa shape index (κ2) is 8.44. The summed E-state index contributed by atoms with van der Waals surface area (Å²) in [5.74, 6) is 0.686. The molecule has 168 valence electrons. The van der Waals surface area contributed by atoms with Gasteiger partial charge in [0.05, 0.1) is 35.7 Å². The SMILES string of the molecule is [C-]#[N+]c1ccc(-c2c(-c3ccc4c(cnn4C)c3)ncc3c2ccn3CC2CCNCC2)cc1. The summed E-state index contributed by atoms with van der Waals surface area (Å²) in [6.07, 6.45) is 8.55. The molecule has 6 nitrogen and oxygen atoms in total. The van der Waals surface area contributed by atoms with Crippen LogP contribution < -0.4 is 5.32 Å². The number of rotatable bonds is 4. The minimum atomic E-state index is 0.644. The summed E-state index contributed by atoms with van der Waals surface area (Å²) in [6.45, 7) is 10.5. The van der Waals surface area contributed by atoms with Crippen molar-refractivity contribution in [3.63, 3.8) is 0 Å². The smallest absolute Gasteiger partial charge is 0.187 e. The number of aromatic nitrogens is 4. The summed E-state index contributed by atoms with van der Waals surface area (Å²) in [4.78, 5) is 8.58. The highest BCUT2D eigenvalue weighted by Crippen LogP contribution is 2.38. The maximum absolute atomic E-state index is 7.33. The van der Waals surface area contributed by atoms with E-state index in [1.165, 1.54) is 18.2 Å². The van der Waals surface area contributed by atoms with Crippen LogP contribution in [-0.2, 0) is 13.6 Å². The van der Waals surface area contributed by atoms with Gasteiger partial charge in [-0.3, -0.25) is 9.67 Å². The van der Waals surface area contributed by atoms with Gasteiger partial charge in [-0.1, -0.05) is 30.3 Å². The summed E-state index contributed by atoms with van der Waals surface area (Å²) in [5.41, 5.74) is 7.11. The summed E-state index contributed by atoms with van der Waals surface area (Å²) >= 11 is 0. The molecular weight excluding hydrogens is 420 g/mol. The molecule has 0 spiro atoms. The second-order valence-electron chi connectivity index (χ2n) is 9.14. The average Bonchev–Trinajstić information content (AvgIpc) is 3.47. The number of fused-ring (bicyclic) bond motifs is 2. The van der Waals surface area contributed by atoms with E-state index >= 15 is 0 Å². The van der Waals surface area contributed by atoms with Gasteiger partial charge in [0.25, 0.3) is 0 Å². The Bertz CT molecular complexity index is 1530. The van der Waals surface area contributed by atoms with Crippen molar-refractivity contribution in [1.82, 2.24) is 24.6 Å². The first-order valence-electron chi connectivity index (χ1n) is 11.8. The molecule has 4 heterocycles. The van der Waals surface area contributed by atoms with Crippen molar-refractivity contribution in [2.45, 2.75) is 19.4 Å². The van der Waals surface area contributed by atoms with Crippen LogP contribution in [0.5, 0.6) is 0 Å². The first-order chi connectivity index (χ1) is 16.7. The van der Waals surface area contributed by atoms with Gasteiger partial charge >= 0.3 is 0 Å². The van der Waals surface area contributed by atoms with E-state index in [0.717, 1.165) is 58.4 Å². The summed E-state index contributed by atoms with van der Waals surface area (Å²) in [5, 5.41) is 10.2.